The van der Waals surface area contributed by atoms with Crippen molar-refractivity contribution in [2.45, 2.75) is 13.0 Å². The number of nitrogens with zero attached hydrogens (tertiary/aromatic N) is 2. The number of urea groups is 1. The Balaban J connectivity index is 1.67. The summed E-state index contributed by atoms with van der Waals surface area (Å²) in [5.41, 5.74) is 2.53. The van der Waals surface area contributed by atoms with Crippen molar-refractivity contribution < 1.29 is 14.4 Å². The van der Waals surface area contributed by atoms with E-state index < -0.39 is 12.1 Å². The van der Waals surface area contributed by atoms with Gasteiger partial charge in [-0.25, -0.2) is 4.79 Å². The van der Waals surface area contributed by atoms with Crippen molar-refractivity contribution in [1.29, 1.82) is 0 Å². The predicted octanol–water partition coefficient (Wildman–Crippen LogP) is 2.90. The molecule has 0 saturated heterocycles. The van der Waals surface area contributed by atoms with Gasteiger partial charge in [0.15, 0.2) is 0 Å². The second-order valence-electron chi connectivity index (χ2n) is 5.52. The average Bonchev–Trinajstić information content (AvgIpc) is 3.12. The van der Waals surface area contributed by atoms with Crippen LogP contribution in [0.25, 0.3) is 11.4 Å². The SMILES string of the molecule is Cc1ccc(NC(=O)N[C@@H](CO)c2nc(-c3ccccc3)no2)cc1. The fourth-order valence-electron chi connectivity index (χ4n) is 2.23. The highest BCUT2D eigenvalue weighted by Crippen LogP contribution is 2.18. The van der Waals surface area contributed by atoms with E-state index in [1.54, 1.807) is 12.1 Å². The van der Waals surface area contributed by atoms with Crippen LogP contribution in [0.4, 0.5) is 10.5 Å². The minimum absolute atomic E-state index is 0.139. The molecule has 0 spiro atoms. The minimum atomic E-state index is -0.796. The van der Waals surface area contributed by atoms with Crippen molar-refractivity contribution >= 4 is 11.7 Å². The number of aryl methyl sites for hydroxylation is 1. The summed E-state index contributed by atoms with van der Waals surface area (Å²) in [5, 5.41) is 18.7. The Kier molecular flexibility index (Phi) is 5.06. The quantitative estimate of drug-likeness (QED) is 0.664. The molecular formula is C18H18N4O3. The highest BCUT2D eigenvalue weighted by atomic mass is 16.5. The number of aromatic nitrogens is 2. The number of carbonyl (C=O) groups excluding carboxylic acids is 1. The van der Waals surface area contributed by atoms with E-state index in [9.17, 15) is 9.90 Å². The van der Waals surface area contributed by atoms with Crippen LogP contribution in [0.2, 0.25) is 0 Å². The van der Waals surface area contributed by atoms with Gasteiger partial charge >= 0.3 is 6.03 Å². The van der Waals surface area contributed by atoms with E-state index in [0.29, 0.717) is 11.5 Å². The van der Waals surface area contributed by atoms with Crippen molar-refractivity contribution in [2.75, 3.05) is 11.9 Å². The lowest BCUT2D eigenvalue weighted by molar-refractivity contribution is 0.205. The summed E-state index contributed by atoms with van der Waals surface area (Å²) in [5.74, 6) is 0.537. The van der Waals surface area contributed by atoms with Gasteiger partial charge in [0.05, 0.1) is 6.61 Å². The molecule has 1 aromatic heterocycles. The molecule has 3 rings (SSSR count). The minimum Gasteiger partial charge on any atom is -0.394 e. The van der Waals surface area contributed by atoms with E-state index in [-0.39, 0.29) is 12.5 Å². The van der Waals surface area contributed by atoms with Crippen molar-refractivity contribution in [3.8, 4) is 11.4 Å². The Morgan fingerprint density at radius 1 is 1.16 bits per heavy atom. The molecular weight excluding hydrogens is 320 g/mol. The highest BCUT2D eigenvalue weighted by Gasteiger charge is 2.21. The van der Waals surface area contributed by atoms with Crippen LogP contribution in [0.3, 0.4) is 0 Å². The van der Waals surface area contributed by atoms with Crippen LogP contribution in [0.5, 0.6) is 0 Å². The Morgan fingerprint density at radius 2 is 1.88 bits per heavy atom. The van der Waals surface area contributed by atoms with Crippen LogP contribution in [0.15, 0.2) is 59.1 Å². The maximum absolute atomic E-state index is 12.1. The number of benzene rings is 2. The summed E-state index contributed by atoms with van der Waals surface area (Å²) in [4.78, 5) is 16.3. The molecule has 0 aliphatic rings. The van der Waals surface area contributed by atoms with E-state index in [1.807, 2.05) is 49.4 Å². The number of aliphatic hydroxyl groups is 1. The number of nitrogens with one attached hydrogen (secondary N) is 2. The number of hydrogen-bond acceptors (Lipinski definition) is 5. The molecule has 1 atom stereocenters. The summed E-state index contributed by atoms with van der Waals surface area (Å²) in [6.07, 6.45) is 0. The van der Waals surface area contributed by atoms with Gasteiger partial charge in [0.1, 0.15) is 6.04 Å². The van der Waals surface area contributed by atoms with Gasteiger partial charge in [-0.15, -0.1) is 0 Å². The Morgan fingerprint density at radius 3 is 2.56 bits per heavy atom. The van der Waals surface area contributed by atoms with E-state index >= 15 is 0 Å². The van der Waals surface area contributed by atoms with E-state index in [2.05, 4.69) is 20.8 Å². The molecule has 0 aliphatic heterocycles. The third-order valence-corrected chi connectivity index (χ3v) is 3.57. The fraction of sp³-hybridized carbons (Fsp3) is 0.167. The molecule has 25 heavy (non-hydrogen) atoms. The molecule has 0 unspecified atom stereocenters. The number of aliphatic hydroxyl groups excluding tert-OH is 1. The lowest BCUT2D eigenvalue weighted by atomic mass is 10.2. The first-order chi connectivity index (χ1) is 12.2. The van der Waals surface area contributed by atoms with Crippen LogP contribution in [0, 0.1) is 6.92 Å². The van der Waals surface area contributed by atoms with Gasteiger partial charge in [-0.3, -0.25) is 0 Å². The predicted molar refractivity (Wildman–Crippen MR) is 92.9 cm³/mol. The Bertz CT molecular complexity index is 831. The first-order valence-electron chi connectivity index (χ1n) is 7.80. The molecule has 1 heterocycles. The van der Waals surface area contributed by atoms with Crippen LogP contribution >= 0.6 is 0 Å². The van der Waals surface area contributed by atoms with E-state index in [0.717, 1.165) is 11.1 Å². The molecule has 0 radical (unpaired) electrons. The molecule has 3 N–H and O–H groups in total. The fourth-order valence-corrected chi connectivity index (χ4v) is 2.23. The van der Waals surface area contributed by atoms with Gasteiger partial charge in [-0.05, 0) is 19.1 Å². The van der Waals surface area contributed by atoms with Gasteiger partial charge in [-0.1, -0.05) is 53.2 Å². The number of amides is 2. The average molecular weight is 338 g/mol. The van der Waals surface area contributed by atoms with Crippen molar-refractivity contribution in [3.63, 3.8) is 0 Å². The second kappa shape index (κ2) is 7.59. The maximum Gasteiger partial charge on any atom is 0.319 e. The number of hydrogen-bond donors (Lipinski definition) is 3. The molecule has 0 bridgehead atoms. The van der Waals surface area contributed by atoms with Gasteiger partial charge in [0.2, 0.25) is 5.82 Å². The molecule has 2 amide bonds. The standard InChI is InChI=1S/C18H18N4O3/c1-12-7-9-14(10-8-12)19-18(24)20-15(11-23)17-21-16(22-25-17)13-5-3-2-4-6-13/h2-10,15,23H,11H2,1H3,(H2,19,20,24)/t15-/m0/s1. The van der Waals surface area contributed by atoms with Gasteiger partial charge < -0.3 is 20.3 Å². The highest BCUT2D eigenvalue weighted by molar-refractivity contribution is 5.89. The first kappa shape index (κ1) is 16.7. The zero-order valence-electron chi connectivity index (χ0n) is 13.6. The molecule has 0 saturated carbocycles. The number of rotatable bonds is 5. The third kappa shape index (κ3) is 4.21. The lowest BCUT2D eigenvalue weighted by Gasteiger charge is -2.13. The number of carbonyl (C=O) groups is 1. The van der Waals surface area contributed by atoms with Crippen molar-refractivity contribution in [3.05, 3.63) is 66.1 Å². The summed E-state index contributed by atoms with van der Waals surface area (Å²) < 4.78 is 5.18. The summed E-state index contributed by atoms with van der Waals surface area (Å²) in [6.45, 7) is 1.60. The summed E-state index contributed by atoms with van der Waals surface area (Å²) in [6, 6.07) is 15.4. The second-order valence-corrected chi connectivity index (χ2v) is 5.52. The topological polar surface area (TPSA) is 100 Å². The zero-order chi connectivity index (χ0) is 17.6. The van der Waals surface area contributed by atoms with Crippen LogP contribution in [-0.4, -0.2) is 27.9 Å². The third-order valence-electron chi connectivity index (χ3n) is 3.57. The monoisotopic (exact) mass is 338 g/mol. The molecule has 0 aliphatic carbocycles. The van der Waals surface area contributed by atoms with E-state index in [4.69, 9.17) is 4.52 Å². The first-order valence-corrected chi connectivity index (χ1v) is 7.80. The van der Waals surface area contributed by atoms with E-state index in [1.165, 1.54) is 0 Å². The van der Waals surface area contributed by atoms with Crippen molar-refractivity contribution in [2.24, 2.45) is 0 Å². The summed E-state index contributed by atoms with van der Waals surface area (Å²) >= 11 is 0. The number of anilines is 1. The van der Waals surface area contributed by atoms with Gasteiger partial charge in [0.25, 0.3) is 5.89 Å². The zero-order valence-corrected chi connectivity index (χ0v) is 13.6. The van der Waals surface area contributed by atoms with Gasteiger partial charge in [-0.2, -0.15) is 4.98 Å². The van der Waals surface area contributed by atoms with Crippen molar-refractivity contribution in [1.82, 2.24) is 15.5 Å². The van der Waals surface area contributed by atoms with Crippen LogP contribution < -0.4 is 10.6 Å². The maximum atomic E-state index is 12.1. The Labute approximate surface area is 144 Å². The van der Waals surface area contributed by atoms with Gasteiger partial charge in [0, 0.05) is 11.3 Å². The summed E-state index contributed by atoms with van der Waals surface area (Å²) in [7, 11) is 0. The van der Waals surface area contributed by atoms with Crippen LogP contribution in [0.1, 0.15) is 17.5 Å². The molecule has 7 heteroatoms. The Hall–Kier alpha value is -3.19. The molecule has 128 valence electrons. The molecule has 7 nitrogen and oxygen atoms in total. The largest absolute Gasteiger partial charge is 0.394 e. The molecule has 3 aromatic rings. The lowest BCUT2D eigenvalue weighted by Crippen LogP contribution is -2.34. The molecule has 2 aromatic carbocycles. The smallest absolute Gasteiger partial charge is 0.319 e. The molecule has 0 fully saturated rings. The normalized spacial score (nSPS) is 11.8. The van der Waals surface area contributed by atoms with Crippen LogP contribution in [-0.2, 0) is 0 Å².